The van der Waals surface area contributed by atoms with Gasteiger partial charge in [-0.3, -0.25) is 0 Å². The molecule has 1 rings (SSSR count). The summed E-state index contributed by atoms with van der Waals surface area (Å²) in [7, 11) is 0. The molecule has 0 aliphatic carbocycles. The van der Waals surface area contributed by atoms with Crippen LogP contribution in [0.5, 0.6) is 0 Å². The van der Waals surface area contributed by atoms with Crippen molar-refractivity contribution in [1.29, 1.82) is 0 Å². The minimum Gasteiger partial charge on any atom is -0.395 e. The van der Waals surface area contributed by atoms with Crippen LogP contribution in [0.3, 0.4) is 0 Å². The number of rotatable bonds is 5. The van der Waals surface area contributed by atoms with Gasteiger partial charge in [0.2, 0.25) is 0 Å². The van der Waals surface area contributed by atoms with Gasteiger partial charge in [-0.05, 0) is 6.42 Å². The van der Waals surface area contributed by atoms with Crippen LogP contribution >= 0.6 is 23.5 Å². The smallest absolute Gasteiger partial charge is 0.0558 e. The first-order valence-electron chi connectivity index (χ1n) is 4.74. The summed E-state index contributed by atoms with van der Waals surface area (Å²) in [4.78, 5) is 0. The van der Waals surface area contributed by atoms with E-state index in [2.05, 4.69) is 6.92 Å². The Morgan fingerprint density at radius 3 is 2.83 bits per heavy atom. The second-order valence-electron chi connectivity index (χ2n) is 3.20. The highest BCUT2D eigenvalue weighted by molar-refractivity contribution is 8.20. The lowest BCUT2D eigenvalue weighted by Crippen LogP contribution is -2.06. The SMILES string of the molecule is CCCCC[C@@H]1SC[C@@H](CO)S1. The van der Waals surface area contributed by atoms with Gasteiger partial charge in [0, 0.05) is 11.0 Å². The molecular formula is C9H18OS2. The Morgan fingerprint density at radius 2 is 2.25 bits per heavy atom. The van der Waals surface area contributed by atoms with Gasteiger partial charge in [0.15, 0.2) is 0 Å². The van der Waals surface area contributed by atoms with E-state index in [1.807, 2.05) is 23.5 Å². The summed E-state index contributed by atoms with van der Waals surface area (Å²) in [5.74, 6) is 1.15. The summed E-state index contributed by atoms with van der Waals surface area (Å²) in [5.41, 5.74) is 0. The van der Waals surface area contributed by atoms with Crippen molar-refractivity contribution in [1.82, 2.24) is 0 Å². The van der Waals surface area contributed by atoms with E-state index in [4.69, 9.17) is 5.11 Å². The minimum absolute atomic E-state index is 0.363. The second-order valence-corrected chi connectivity index (χ2v) is 6.24. The van der Waals surface area contributed by atoms with Gasteiger partial charge in [0.05, 0.1) is 11.2 Å². The van der Waals surface area contributed by atoms with E-state index in [0.717, 1.165) is 10.3 Å². The van der Waals surface area contributed by atoms with Crippen LogP contribution in [0.25, 0.3) is 0 Å². The predicted octanol–water partition coefficient (Wildman–Crippen LogP) is 2.73. The minimum atomic E-state index is 0.363. The van der Waals surface area contributed by atoms with E-state index in [0.29, 0.717) is 11.9 Å². The molecule has 1 saturated heterocycles. The maximum absolute atomic E-state index is 8.92. The van der Waals surface area contributed by atoms with E-state index < -0.39 is 0 Å². The van der Waals surface area contributed by atoms with E-state index in [1.165, 1.54) is 25.7 Å². The monoisotopic (exact) mass is 206 g/mol. The maximum atomic E-state index is 8.92. The number of thioether (sulfide) groups is 2. The molecule has 1 N–H and O–H groups in total. The highest BCUT2D eigenvalue weighted by Gasteiger charge is 2.24. The Labute approximate surface area is 83.7 Å². The van der Waals surface area contributed by atoms with Gasteiger partial charge in [0.25, 0.3) is 0 Å². The van der Waals surface area contributed by atoms with E-state index in [1.54, 1.807) is 0 Å². The van der Waals surface area contributed by atoms with Crippen molar-refractivity contribution < 1.29 is 5.11 Å². The largest absolute Gasteiger partial charge is 0.395 e. The molecule has 0 saturated carbocycles. The fourth-order valence-electron chi connectivity index (χ4n) is 1.32. The van der Waals surface area contributed by atoms with Gasteiger partial charge in [0.1, 0.15) is 0 Å². The lowest BCUT2D eigenvalue weighted by molar-refractivity contribution is 0.301. The van der Waals surface area contributed by atoms with Crippen molar-refractivity contribution in [2.75, 3.05) is 12.4 Å². The van der Waals surface area contributed by atoms with Crippen LogP contribution in [-0.2, 0) is 0 Å². The third kappa shape index (κ3) is 3.58. The van der Waals surface area contributed by atoms with Gasteiger partial charge in [-0.1, -0.05) is 26.2 Å². The van der Waals surface area contributed by atoms with Gasteiger partial charge in [-0.25, -0.2) is 0 Å². The Balaban J connectivity index is 2.03. The van der Waals surface area contributed by atoms with Crippen molar-refractivity contribution in [2.45, 2.75) is 42.4 Å². The number of aliphatic hydroxyl groups is 1. The molecule has 0 radical (unpaired) electrons. The summed E-state index contributed by atoms with van der Waals surface area (Å²) in [6, 6.07) is 0. The first-order valence-corrected chi connectivity index (χ1v) is 6.74. The van der Waals surface area contributed by atoms with Crippen LogP contribution in [0, 0.1) is 0 Å². The van der Waals surface area contributed by atoms with Crippen LogP contribution in [0.2, 0.25) is 0 Å². The normalized spacial score (nSPS) is 29.5. The molecule has 0 aromatic rings. The number of hydrogen-bond acceptors (Lipinski definition) is 3. The first kappa shape index (κ1) is 10.7. The molecule has 0 spiro atoms. The molecule has 0 bridgehead atoms. The van der Waals surface area contributed by atoms with Crippen molar-refractivity contribution >= 4 is 23.5 Å². The van der Waals surface area contributed by atoms with Crippen LogP contribution in [0.4, 0.5) is 0 Å². The van der Waals surface area contributed by atoms with E-state index in [-0.39, 0.29) is 0 Å². The van der Waals surface area contributed by atoms with Crippen molar-refractivity contribution in [2.24, 2.45) is 0 Å². The first-order chi connectivity index (χ1) is 5.86. The fraction of sp³-hybridized carbons (Fsp3) is 1.00. The maximum Gasteiger partial charge on any atom is 0.0558 e. The number of unbranched alkanes of at least 4 members (excludes halogenated alkanes) is 2. The molecular weight excluding hydrogens is 188 g/mol. The molecule has 1 aliphatic heterocycles. The van der Waals surface area contributed by atoms with E-state index >= 15 is 0 Å². The summed E-state index contributed by atoms with van der Waals surface area (Å²) >= 11 is 4.00. The van der Waals surface area contributed by atoms with Crippen LogP contribution < -0.4 is 0 Å². The molecule has 1 aliphatic rings. The topological polar surface area (TPSA) is 20.2 Å². The molecule has 1 fully saturated rings. The van der Waals surface area contributed by atoms with Gasteiger partial charge < -0.3 is 5.11 Å². The van der Waals surface area contributed by atoms with Gasteiger partial charge in [-0.15, -0.1) is 23.5 Å². The molecule has 3 heteroatoms. The van der Waals surface area contributed by atoms with Gasteiger partial charge in [-0.2, -0.15) is 0 Å². The zero-order valence-electron chi connectivity index (χ0n) is 7.66. The third-order valence-electron chi connectivity index (χ3n) is 2.06. The summed E-state index contributed by atoms with van der Waals surface area (Å²) < 4.78 is 0.772. The molecule has 0 amide bonds. The van der Waals surface area contributed by atoms with E-state index in [9.17, 15) is 0 Å². The quantitative estimate of drug-likeness (QED) is 0.699. The Kier molecular flexibility index (Phi) is 5.52. The third-order valence-corrected chi connectivity index (χ3v) is 5.45. The number of hydrogen-bond donors (Lipinski definition) is 1. The standard InChI is InChI=1S/C9H18OS2/c1-2-3-4-5-9-11-7-8(6-10)12-9/h8-10H,2-7H2,1H3/t8-,9-/m1/s1. The Hall–Kier alpha value is 0.660. The Bertz CT molecular complexity index is 119. The highest BCUT2D eigenvalue weighted by atomic mass is 32.2. The lowest BCUT2D eigenvalue weighted by atomic mass is 10.2. The molecule has 72 valence electrons. The molecule has 2 atom stereocenters. The van der Waals surface area contributed by atoms with Crippen molar-refractivity contribution in [3.05, 3.63) is 0 Å². The molecule has 0 aromatic heterocycles. The summed E-state index contributed by atoms with van der Waals surface area (Å²) in [5, 5.41) is 9.44. The molecule has 0 aromatic carbocycles. The second kappa shape index (κ2) is 6.17. The van der Waals surface area contributed by atoms with Crippen molar-refractivity contribution in [3.63, 3.8) is 0 Å². The fourth-order valence-corrected chi connectivity index (χ4v) is 4.57. The lowest BCUT2D eigenvalue weighted by Gasteiger charge is -2.07. The molecule has 1 nitrogen and oxygen atoms in total. The van der Waals surface area contributed by atoms with Gasteiger partial charge >= 0.3 is 0 Å². The number of aliphatic hydroxyl groups excluding tert-OH is 1. The van der Waals surface area contributed by atoms with Crippen LogP contribution in [0.1, 0.15) is 32.6 Å². The average molecular weight is 206 g/mol. The summed E-state index contributed by atoms with van der Waals surface area (Å²) in [6.45, 7) is 2.60. The Morgan fingerprint density at radius 1 is 1.42 bits per heavy atom. The molecule has 12 heavy (non-hydrogen) atoms. The average Bonchev–Trinajstić information content (AvgIpc) is 2.53. The highest BCUT2D eigenvalue weighted by Crippen LogP contribution is 2.40. The van der Waals surface area contributed by atoms with Crippen molar-refractivity contribution in [3.8, 4) is 0 Å². The molecule has 1 heterocycles. The zero-order valence-corrected chi connectivity index (χ0v) is 9.29. The predicted molar refractivity (Wildman–Crippen MR) is 58.9 cm³/mol. The molecule has 0 unspecified atom stereocenters. The van der Waals surface area contributed by atoms with Crippen LogP contribution in [0.15, 0.2) is 0 Å². The van der Waals surface area contributed by atoms with Crippen LogP contribution in [-0.4, -0.2) is 27.3 Å². The summed E-state index contributed by atoms with van der Waals surface area (Å²) in [6.07, 6.45) is 5.37. The zero-order chi connectivity index (χ0) is 8.81.